The summed E-state index contributed by atoms with van der Waals surface area (Å²) in [7, 11) is 0. The second kappa shape index (κ2) is 6.47. The summed E-state index contributed by atoms with van der Waals surface area (Å²) in [5, 5.41) is 15.2. The van der Waals surface area contributed by atoms with Gasteiger partial charge in [-0.1, -0.05) is 18.3 Å². The van der Waals surface area contributed by atoms with Crippen LogP contribution in [0.15, 0.2) is 18.2 Å². The van der Waals surface area contributed by atoms with E-state index in [1.165, 1.54) is 11.3 Å². The first-order valence-corrected chi connectivity index (χ1v) is 7.37. The molecular formula is C14H18N4OS. The molecule has 2 rings (SSSR count). The molecule has 0 aliphatic carbocycles. The third-order valence-corrected chi connectivity index (χ3v) is 3.55. The lowest BCUT2D eigenvalue weighted by Crippen LogP contribution is -2.13. The third kappa shape index (κ3) is 3.54. The van der Waals surface area contributed by atoms with Gasteiger partial charge in [0.25, 0.3) is 5.91 Å². The number of nitrogens with one attached hydrogen (secondary N) is 2. The van der Waals surface area contributed by atoms with Crippen molar-refractivity contribution >= 4 is 28.1 Å². The zero-order valence-corrected chi connectivity index (χ0v) is 12.7. The van der Waals surface area contributed by atoms with Gasteiger partial charge in [-0.05, 0) is 44.0 Å². The standard InChI is InChI=1S/C14H18N4OS/c1-4-7-15-11-5-6-12(9(2)8-11)13(19)16-14-18-17-10(3)20-14/h5-6,8,15H,4,7H2,1-3H3,(H,16,18,19). The number of benzene rings is 1. The van der Waals surface area contributed by atoms with Gasteiger partial charge in [0.1, 0.15) is 5.01 Å². The minimum absolute atomic E-state index is 0.152. The summed E-state index contributed by atoms with van der Waals surface area (Å²) in [5.41, 5.74) is 2.62. The predicted octanol–water partition coefficient (Wildman–Crippen LogP) is 3.23. The molecule has 0 bridgehead atoms. The molecule has 1 aromatic carbocycles. The molecule has 0 fully saturated rings. The molecule has 0 atom stereocenters. The molecule has 20 heavy (non-hydrogen) atoms. The van der Waals surface area contributed by atoms with Crippen molar-refractivity contribution in [2.24, 2.45) is 0 Å². The Morgan fingerprint density at radius 2 is 2.10 bits per heavy atom. The quantitative estimate of drug-likeness (QED) is 0.887. The lowest BCUT2D eigenvalue weighted by molar-refractivity contribution is 0.102. The van der Waals surface area contributed by atoms with Crippen molar-refractivity contribution in [1.29, 1.82) is 0 Å². The number of anilines is 2. The lowest BCUT2D eigenvalue weighted by Gasteiger charge is -2.09. The van der Waals surface area contributed by atoms with Gasteiger partial charge in [0, 0.05) is 17.8 Å². The molecule has 0 unspecified atom stereocenters. The van der Waals surface area contributed by atoms with Crippen LogP contribution in [-0.2, 0) is 0 Å². The van der Waals surface area contributed by atoms with Crippen molar-refractivity contribution in [2.75, 3.05) is 17.2 Å². The van der Waals surface area contributed by atoms with Gasteiger partial charge in [0.15, 0.2) is 0 Å². The summed E-state index contributed by atoms with van der Waals surface area (Å²) in [6.07, 6.45) is 1.07. The Bertz CT molecular complexity index is 609. The molecule has 5 nitrogen and oxygen atoms in total. The van der Waals surface area contributed by atoms with Crippen molar-refractivity contribution < 1.29 is 4.79 Å². The number of hydrogen-bond donors (Lipinski definition) is 2. The number of hydrogen-bond acceptors (Lipinski definition) is 5. The monoisotopic (exact) mass is 290 g/mol. The van der Waals surface area contributed by atoms with Crippen molar-refractivity contribution in [3.05, 3.63) is 34.3 Å². The Morgan fingerprint density at radius 3 is 2.70 bits per heavy atom. The fraction of sp³-hybridized carbons (Fsp3) is 0.357. The summed E-state index contributed by atoms with van der Waals surface area (Å²) in [6.45, 7) is 6.82. The van der Waals surface area contributed by atoms with Crippen molar-refractivity contribution in [2.45, 2.75) is 27.2 Å². The van der Waals surface area contributed by atoms with Gasteiger partial charge < -0.3 is 5.32 Å². The molecule has 0 saturated heterocycles. The number of carbonyl (C=O) groups is 1. The Labute approximate surface area is 122 Å². The normalized spacial score (nSPS) is 10.3. The molecule has 6 heteroatoms. The highest BCUT2D eigenvalue weighted by Crippen LogP contribution is 2.19. The maximum atomic E-state index is 12.2. The summed E-state index contributed by atoms with van der Waals surface area (Å²) in [6, 6.07) is 5.73. The van der Waals surface area contributed by atoms with Gasteiger partial charge in [-0.3, -0.25) is 10.1 Å². The molecule has 1 amide bonds. The van der Waals surface area contributed by atoms with Gasteiger partial charge in [0.05, 0.1) is 0 Å². The van der Waals surface area contributed by atoms with Crippen LogP contribution < -0.4 is 10.6 Å². The van der Waals surface area contributed by atoms with E-state index in [0.29, 0.717) is 10.7 Å². The Balaban J connectivity index is 2.09. The molecule has 0 saturated carbocycles. The Kier molecular flexibility index (Phi) is 4.68. The van der Waals surface area contributed by atoms with Gasteiger partial charge in [-0.15, -0.1) is 10.2 Å². The molecular weight excluding hydrogens is 272 g/mol. The van der Waals surface area contributed by atoms with E-state index in [1.807, 2.05) is 32.0 Å². The van der Waals surface area contributed by atoms with E-state index in [-0.39, 0.29) is 5.91 Å². The lowest BCUT2D eigenvalue weighted by atomic mass is 10.1. The SMILES string of the molecule is CCCNc1ccc(C(=O)Nc2nnc(C)s2)c(C)c1. The van der Waals surface area contributed by atoms with E-state index in [0.717, 1.165) is 29.2 Å². The second-order valence-corrected chi connectivity index (χ2v) is 5.72. The maximum Gasteiger partial charge on any atom is 0.257 e. The molecule has 106 valence electrons. The average molecular weight is 290 g/mol. The number of carbonyl (C=O) groups excluding carboxylic acids is 1. The van der Waals surface area contributed by atoms with Crippen LogP contribution in [0.4, 0.5) is 10.8 Å². The fourth-order valence-electron chi connectivity index (χ4n) is 1.81. The van der Waals surface area contributed by atoms with Crippen LogP contribution in [-0.4, -0.2) is 22.6 Å². The van der Waals surface area contributed by atoms with Crippen LogP contribution in [0.3, 0.4) is 0 Å². The van der Waals surface area contributed by atoms with Crippen LogP contribution in [0, 0.1) is 13.8 Å². The van der Waals surface area contributed by atoms with Crippen LogP contribution in [0.25, 0.3) is 0 Å². The first-order chi connectivity index (χ1) is 9.60. The van der Waals surface area contributed by atoms with Crippen LogP contribution in [0.5, 0.6) is 0 Å². The van der Waals surface area contributed by atoms with E-state index in [2.05, 4.69) is 27.8 Å². The molecule has 1 aromatic heterocycles. The van der Waals surface area contributed by atoms with Crippen LogP contribution in [0.2, 0.25) is 0 Å². The zero-order chi connectivity index (χ0) is 14.5. The van der Waals surface area contributed by atoms with Gasteiger partial charge in [-0.2, -0.15) is 0 Å². The Morgan fingerprint density at radius 1 is 1.30 bits per heavy atom. The molecule has 1 heterocycles. The van der Waals surface area contributed by atoms with Crippen LogP contribution in [0.1, 0.15) is 34.3 Å². The average Bonchev–Trinajstić information content (AvgIpc) is 2.81. The van der Waals surface area contributed by atoms with E-state index in [1.54, 1.807) is 0 Å². The second-order valence-electron chi connectivity index (χ2n) is 4.54. The number of rotatable bonds is 5. The van der Waals surface area contributed by atoms with Gasteiger partial charge >= 0.3 is 0 Å². The van der Waals surface area contributed by atoms with Gasteiger partial charge in [-0.25, -0.2) is 0 Å². The largest absolute Gasteiger partial charge is 0.385 e. The number of aromatic nitrogens is 2. The first-order valence-electron chi connectivity index (χ1n) is 6.56. The molecule has 0 aliphatic rings. The third-order valence-electron chi connectivity index (χ3n) is 2.80. The maximum absolute atomic E-state index is 12.2. The molecule has 0 spiro atoms. The number of amides is 1. The van der Waals surface area contributed by atoms with Crippen molar-refractivity contribution in [3.8, 4) is 0 Å². The summed E-state index contributed by atoms with van der Waals surface area (Å²) < 4.78 is 0. The Hall–Kier alpha value is -1.95. The smallest absolute Gasteiger partial charge is 0.257 e. The zero-order valence-electron chi connectivity index (χ0n) is 11.9. The van der Waals surface area contributed by atoms with Crippen LogP contribution >= 0.6 is 11.3 Å². The summed E-state index contributed by atoms with van der Waals surface area (Å²) in [5.74, 6) is -0.152. The highest BCUT2D eigenvalue weighted by atomic mass is 32.1. The first kappa shape index (κ1) is 14.5. The summed E-state index contributed by atoms with van der Waals surface area (Å²) in [4.78, 5) is 12.2. The fourth-order valence-corrected chi connectivity index (χ4v) is 2.40. The van der Waals surface area contributed by atoms with E-state index >= 15 is 0 Å². The highest BCUT2D eigenvalue weighted by Gasteiger charge is 2.11. The highest BCUT2D eigenvalue weighted by molar-refractivity contribution is 7.15. The van der Waals surface area contributed by atoms with E-state index < -0.39 is 0 Å². The molecule has 2 N–H and O–H groups in total. The minimum Gasteiger partial charge on any atom is -0.385 e. The molecule has 0 aliphatic heterocycles. The minimum atomic E-state index is -0.152. The molecule has 2 aromatic rings. The topological polar surface area (TPSA) is 66.9 Å². The van der Waals surface area contributed by atoms with E-state index in [9.17, 15) is 4.79 Å². The van der Waals surface area contributed by atoms with Crippen molar-refractivity contribution in [3.63, 3.8) is 0 Å². The van der Waals surface area contributed by atoms with Gasteiger partial charge in [0.2, 0.25) is 5.13 Å². The predicted molar refractivity (Wildman–Crippen MR) is 82.6 cm³/mol. The number of aryl methyl sites for hydroxylation is 2. The number of nitrogens with zero attached hydrogens (tertiary/aromatic N) is 2. The molecule has 0 radical (unpaired) electrons. The summed E-state index contributed by atoms with van der Waals surface area (Å²) >= 11 is 1.36. The van der Waals surface area contributed by atoms with Crippen molar-refractivity contribution in [1.82, 2.24) is 10.2 Å². The van der Waals surface area contributed by atoms with E-state index in [4.69, 9.17) is 0 Å².